The molecule has 2 unspecified atom stereocenters. The van der Waals surface area contributed by atoms with Gasteiger partial charge in [-0.3, -0.25) is 9.59 Å². The quantitative estimate of drug-likeness (QED) is 0.0448. The summed E-state index contributed by atoms with van der Waals surface area (Å²) in [4.78, 5) is 36.2. The molecule has 0 aromatic rings. The molecule has 0 aliphatic heterocycles. The Labute approximate surface area is 290 Å². The molecule has 0 aromatic carbocycles. The summed E-state index contributed by atoms with van der Waals surface area (Å²) in [5.74, 6) is -1.22. The molecule has 0 aliphatic carbocycles. The first kappa shape index (κ1) is 45.4. The van der Waals surface area contributed by atoms with Gasteiger partial charge in [-0.25, -0.2) is 4.79 Å². The lowest BCUT2D eigenvalue weighted by molar-refractivity contribution is -0.150. The van der Waals surface area contributed by atoms with Gasteiger partial charge in [-0.2, -0.15) is 0 Å². The second kappa shape index (κ2) is 35.7. The van der Waals surface area contributed by atoms with Crippen LogP contribution in [0.3, 0.4) is 0 Å². The first-order valence-corrected chi connectivity index (χ1v) is 20.4. The molecule has 7 heteroatoms. The number of carbonyl (C=O) groups excluding carboxylic acids is 2. The molecule has 2 atom stereocenters. The van der Waals surface area contributed by atoms with Crippen molar-refractivity contribution < 1.29 is 24.2 Å². The number of carboxylic acid groups (broad SMARTS) is 1. The third-order valence-corrected chi connectivity index (χ3v) is 9.42. The summed E-state index contributed by atoms with van der Waals surface area (Å²) in [6, 6.07) is -0.851. The maximum Gasteiger partial charge on any atom is 0.326 e. The van der Waals surface area contributed by atoms with Crippen molar-refractivity contribution in [2.24, 2.45) is 5.73 Å². The van der Waals surface area contributed by atoms with E-state index in [9.17, 15) is 19.5 Å². The average molecular weight is 667 g/mol. The number of unbranched alkanes of at least 4 members (excludes halogenated alkanes) is 23. The van der Waals surface area contributed by atoms with Crippen LogP contribution < -0.4 is 11.1 Å². The zero-order valence-corrected chi connectivity index (χ0v) is 31.1. The Morgan fingerprint density at radius 1 is 0.532 bits per heavy atom. The van der Waals surface area contributed by atoms with Gasteiger partial charge in [0.05, 0.1) is 0 Å². The van der Waals surface area contributed by atoms with Crippen LogP contribution in [0.15, 0.2) is 0 Å². The van der Waals surface area contributed by atoms with Crippen molar-refractivity contribution in [3.8, 4) is 0 Å². The van der Waals surface area contributed by atoms with Crippen LogP contribution in [0.1, 0.15) is 219 Å². The van der Waals surface area contributed by atoms with Gasteiger partial charge in [0.1, 0.15) is 12.1 Å². The first-order chi connectivity index (χ1) is 22.9. The molecule has 0 aliphatic rings. The summed E-state index contributed by atoms with van der Waals surface area (Å²) in [5, 5.41) is 11.9. The molecule has 4 N–H and O–H groups in total. The van der Waals surface area contributed by atoms with E-state index in [1.807, 2.05) is 0 Å². The van der Waals surface area contributed by atoms with Crippen molar-refractivity contribution in [3.05, 3.63) is 0 Å². The molecule has 0 heterocycles. The van der Waals surface area contributed by atoms with Gasteiger partial charge in [-0.15, -0.1) is 0 Å². The number of nitrogens with two attached hydrogens (primary N) is 1. The second-order valence-corrected chi connectivity index (χ2v) is 14.1. The Bertz CT molecular complexity index is 717. The smallest absolute Gasteiger partial charge is 0.326 e. The topological polar surface area (TPSA) is 119 Å². The van der Waals surface area contributed by atoms with E-state index in [4.69, 9.17) is 10.5 Å². The van der Waals surface area contributed by atoms with Gasteiger partial charge in [0, 0.05) is 12.8 Å². The van der Waals surface area contributed by atoms with Crippen molar-refractivity contribution >= 4 is 17.8 Å². The Kier molecular flexibility index (Phi) is 34.4. The molecule has 47 heavy (non-hydrogen) atoms. The summed E-state index contributed by atoms with van der Waals surface area (Å²) in [7, 11) is 0. The maximum atomic E-state index is 12.7. The van der Waals surface area contributed by atoms with Crippen LogP contribution in [0.5, 0.6) is 0 Å². The van der Waals surface area contributed by atoms with Crippen LogP contribution in [0.4, 0.5) is 0 Å². The molecular formula is C40H78N2O5. The van der Waals surface area contributed by atoms with E-state index in [1.54, 1.807) is 0 Å². The van der Waals surface area contributed by atoms with Crippen molar-refractivity contribution in [3.63, 3.8) is 0 Å². The number of carbonyl (C=O) groups is 3. The highest BCUT2D eigenvalue weighted by Gasteiger charge is 2.19. The van der Waals surface area contributed by atoms with Crippen LogP contribution in [0.2, 0.25) is 0 Å². The number of esters is 1. The molecule has 7 nitrogen and oxygen atoms in total. The number of hydrogen-bond donors (Lipinski definition) is 3. The summed E-state index contributed by atoms with van der Waals surface area (Å²) >= 11 is 0. The Balaban J connectivity index is 4.21. The van der Waals surface area contributed by atoms with Gasteiger partial charge in [0.25, 0.3) is 0 Å². The highest BCUT2D eigenvalue weighted by Crippen LogP contribution is 2.19. The van der Waals surface area contributed by atoms with Crippen molar-refractivity contribution in [2.75, 3.05) is 6.54 Å². The van der Waals surface area contributed by atoms with Crippen LogP contribution in [-0.2, 0) is 19.1 Å². The van der Waals surface area contributed by atoms with Crippen LogP contribution in [0, 0.1) is 0 Å². The highest BCUT2D eigenvalue weighted by molar-refractivity contribution is 5.83. The zero-order valence-electron chi connectivity index (χ0n) is 31.1. The fourth-order valence-electron chi connectivity index (χ4n) is 6.33. The Hall–Kier alpha value is -1.63. The normalized spacial score (nSPS) is 12.6. The zero-order chi connectivity index (χ0) is 34.6. The van der Waals surface area contributed by atoms with Gasteiger partial charge < -0.3 is 20.9 Å². The highest BCUT2D eigenvalue weighted by atomic mass is 16.5. The molecule has 0 spiro atoms. The Morgan fingerprint density at radius 2 is 0.915 bits per heavy atom. The summed E-state index contributed by atoms with van der Waals surface area (Å²) < 4.78 is 6.01. The first-order valence-electron chi connectivity index (χ1n) is 20.4. The van der Waals surface area contributed by atoms with E-state index in [0.29, 0.717) is 32.2 Å². The lowest BCUT2D eigenvalue weighted by Crippen LogP contribution is -2.40. The fourth-order valence-corrected chi connectivity index (χ4v) is 6.33. The van der Waals surface area contributed by atoms with E-state index in [-0.39, 0.29) is 18.0 Å². The Morgan fingerprint density at radius 3 is 1.32 bits per heavy atom. The number of aliphatic carboxylic acids is 1. The van der Waals surface area contributed by atoms with Crippen molar-refractivity contribution in [2.45, 2.75) is 231 Å². The molecule has 278 valence electrons. The minimum atomic E-state index is -1.00. The van der Waals surface area contributed by atoms with Crippen LogP contribution in [0.25, 0.3) is 0 Å². The maximum absolute atomic E-state index is 12.7. The third kappa shape index (κ3) is 32.7. The molecule has 0 aromatic heterocycles. The van der Waals surface area contributed by atoms with E-state index >= 15 is 0 Å². The number of carboxylic acids is 1. The van der Waals surface area contributed by atoms with Gasteiger partial charge >= 0.3 is 11.9 Å². The second-order valence-electron chi connectivity index (χ2n) is 14.1. The largest absolute Gasteiger partial charge is 0.480 e. The molecule has 0 bridgehead atoms. The summed E-state index contributed by atoms with van der Waals surface area (Å²) in [6.07, 6.45) is 35.7. The molecule has 0 saturated carbocycles. The predicted molar refractivity (Wildman–Crippen MR) is 198 cm³/mol. The summed E-state index contributed by atoms with van der Waals surface area (Å²) in [5.41, 5.74) is 5.47. The lowest BCUT2D eigenvalue weighted by Gasteiger charge is -2.18. The van der Waals surface area contributed by atoms with Gasteiger partial charge in [-0.1, -0.05) is 155 Å². The van der Waals surface area contributed by atoms with Crippen LogP contribution >= 0.6 is 0 Å². The number of nitrogens with one attached hydrogen (secondary N) is 1. The minimum absolute atomic E-state index is 0.0187. The average Bonchev–Trinajstić information content (AvgIpc) is 3.05. The third-order valence-electron chi connectivity index (χ3n) is 9.42. The standard InChI is InChI=1S/C40H78N2O5/c1-3-5-7-9-11-13-14-15-16-17-19-24-28-34-39(44)47-36(30-25-21-18-12-10-8-6-4-2)31-26-22-20-23-27-33-38(43)42-37(40(45)46)32-29-35-41/h36-37H,3-35,41H2,1-2H3,(H,42,43)(H,45,46). The predicted octanol–water partition coefficient (Wildman–Crippen LogP) is 10.9. The van der Waals surface area contributed by atoms with E-state index in [0.717, 1.165) is 64.2 Å². The molecule has 1 amide bonds. The molecular weight excluding hydrogens is 588 g/mol. The number of rotatable bonds is 37. The van der Waals surface area contributed by atoms with Crippen molar-refractivity contribution in [1.29, 1.82) is 0 Å². The van der Waals surface area contributed by atoms with E-state index in [1.165, 1.54) is 116 Å². The number of amides is 1. The van der Waals surface area contributed by atoms with Gasteiger partial charge in [-0.05, 0) is 57.9 Å². The fraction of sp³-hybridized carbons (Fsp3) is 0.925. The number of hydrogen-bond acceptors (Lipinski definition) is 5. The van der Waals surface area contributed by atoms with Crippen molar-refractivity contribution in [1.82, 2.24) is 5.32 Å². The van der Waals surface area contributed by atoms with Crippen LogP contribution in [-0.4, -0.2) is 41.6 Å². The van der Waals surface area contributed by atoms with E-state index in [2.05, 4.69) is 19.2 Å². The monoisotopic (exact) mass is 667 g/mol. The van der Waals surface area contributed by atoms with Gasteiger partial charge in [0.15, 0.2) is 0 Å². The molecule has 0 rings (SSSR count). The molecule has 0 fully saturated rings. The molecule has 0 radical (unpaired) electrons. The number of ether oxygens (including phenoxy) is 1. The van der Waals surface area contributed by atoms with Gasteiger partial charge in [0.2, 0.25) is 5.91 Å². The lowest BCUT2D eigenvalue weighted by atomic mass is 10.0. The molecule has 0 saturated heterocycles. The summed E-state index contributed by atoms with van der Waals surface area (Å²) in [6.45, 7) is 4.94. The van der Waals surface area contributed by atoms with E-state index < -0.39 is 12.0 Å². The minimum Gasteiger partial charge on any atom is -0.480 e. The SMILES string of the molecule is CCCCCCCCCCCCCCCC(=O)OC(CCCCCCCCCC)CCCCCCCC(=O)NC(CCCN)C(=O)O.